The topological polar surface area (TPSA) is 158 Å². The van der Waals surface area contributed by atoms with Crippen LogP contribution < -0.4 is 21.3 Å². The average molecular weight is 350 g/mol. The molecule has 2 rings (SSSR count). The lowest BCUT2D eigenvalue weighted by Gasteiger charge is -2.05. The predicted molar refractivity (Wildman–Crippen MR) is 98.9 cm³/mol. The van der Waals surface area contributed by atoms with Crippen LogP contribution in [0.5, 0.6) is 0 Å². The van der Waals surface area contributed by atoms with Crippen LogP contribution in [0.15, 0.2) is 54.0 Å². The molecule has 0 fully saturated rings. The Labute approximate surface area is 151 Å². The zero-order chi connectivity index (χ0) is 19.0. The number of anilines is 2. The van der Waals surface area contributed by atoms with Gasteiger partial charge in [-0.3, -0.25) is 31.0 Å². The molecule has 0 aliphatic heterocycles. The van der Waals surface area contributed by atoms with Crippen molar-refractivity contribution >= 4 is 23.3 Å². The van der Waals surface area contributed by atoms with Crippen molar-refractivity contribution in [2.75, 3.05) is 17.2 Å². The molecule has 0 aliphatic rings. The van der Waals surface area contributed by atoms with Crippen LogP contribution in [0.4, 0.5) is 11.4 Å². The van der Waals surface area contributed by atoms with Gasteiger partial charge in [0.05, 0.1) is 23.8 Å². The summed E-state index contributed by atoms with van der Waals surface area (Å²) < 4.78 is 0. The lowest BCUT2D eigenvalue weighted by molar-refractivity contribution is 1.09. The van der Waals surface area contributed by atoms with Crippen molar-refractivity contribution in [1.29, 1.82) is 15.9 Å². The van der Waals surface area contributed by atoms with E-state index in [1.54, 1.807) is 49.2 Å². The van der Waals surface area contributed by atoms with E-state index >= 15 is 0 Å². The Hall–Kier alpha value is -4.18. The van der Waals surface area contributed by atoms with Crippen LogP contribution in [-0.4, -0.2) is 28.4 Å². The molecule has 0 amide bonds. The van der Waals surface area contributed by atoms with Crippen LogP contribution >= 0.6 is 0 Å². The van der Waals surface area contributed by atoms with Crippen LogP contribution in [0.3, 0.4) is 0 Å². The highest BCUT2D eigenvalue weighted by molar-refractivity contribution is 5.94. The summed E-state index contributed by atoms with van der Waals surface area (Å²) in [6, 6.07) is 7.14. The zero-order valence-electron chi connectivity index (χ0n) is 14.1. The van der Waals surface area contributed by atoms with Gasteiger partial charge in [-0.2, -0.15) is 10.5 Å². The molecule has 0 saturated heterocycles. The molecule has 26 heavy (non-hydrogen) atoms. The fourth-order valence-corrected chi connectivity index (χ4v) is 1.56. The first-order chi connectivity index (χ1) is 12.7. The Bertz CT molecular complexity index is 774. The number of hydrogen-bond donors (Lipinski definition) is 5. The lowest BCUT2D eigenvalue weighted by Crippen LogP contribution is -2.26. The van der Waals surface area contributed by atoms with Crippen LogP contribution in [-0.2, 0) is 0 Å². The lowest BCUT2D eigenvalue weighted by atomic mass is 10.4. The minimum absolute atomic E-state index is 0.0644. The minimum atomic E-state index is -0.0644. The van der Waals surface area contributed by atoms with E-state index in [0.717, 1.165) is 5.69 Å². The molecule has 2 heterocycles. The fourth-order valence-electron chi connectivity index (χ4n) is 1.56. The van der Waals surface area contributed by atoms with Crippen molar-refractivity contribution in [2.45, 2.75) is 6.92 Å². The molecule has 0 saturated carbocycles. The summed E-state index contributed by atoms with van der Waals surface area (Å²) in [7, 11) is 0. The van der Waals surface area contributed by atoms with Crippen LogP contribution in [0.2, 0.25) is 0 Å². The summed E-state index contributed by atoms with van der Waals surface area (Å²) in [5, 5.41) is 33.9. The Morgan fingerprint density at radius 3 is 2.08 bits per heavy atom. The van der Waals surface area contributed by atoms with Gasteiger partial charge >= 0.3 is 0 Å². The number of nitrogens with zero attached hydrogens (tertiary/aromatic N) is 5. The fraction of sp³-hybridized carbons (Fsp3) is 0.125. The second-order valence-corrected chi connectivity index (χ2v) is 4.40. The number of aliphatic imine (C=N–C) groups is 1. The zero-order valence-corrected chi connectivity index (χ0v) is 14.1. The molecule has 2 aromatic heterocycles. The molecular weight excluding hydrogens is 332 g/mol. The van der Waals surface area contributed by atoms with E-state index in [9.17, 15) is 0 Å². The van der Waals surface area contributed by atoms with Gasteiger partial charge in [0.15, 0.2) is 12.4 Å². The van der Waals surface area contributed by atoms with Crippen LogP contribution in [0, 0.1) is 28.3 Å². The van der Waals surface area contributed by atoms with Crippen LogP contribution in [0.1, 0.15) is 6.92 Å². The predicted octanol–water partition coefficient (Wildman–Crippen LogP) is 1.44. The third kappa shape index (κ3) is 8.45. The van der Waals surface area contributed by atoms with Gasteiger partial charge in [0, 0.05) is 18.9 Å². The van der Waals surface area contributed by atoms with E-state index in [0.29, 0.717) is 18.2 Å². The Morgan fingerprint density at radius 1 is 1.04 bits per heavy atom. The molecule has 10 nitrogen and oxygen atoms in total. The number of guanidine groups is 2. The molecule has 0 spiro atoms. The Balaban J connectivity index is 0.000000263. The molecule has 0 aliphatic carbocycles. The molecular formula is C16H18N10. The number of aromatic nitrogens is 2. The Kier molecular flexibility index (Phi) is 9.37. The summed E-state index contributed by atoms with van der Waals surface area (Å²) >= 11 is 0. The number of hydrogen-bond acceptors (Lipinski definition) is 6. The van der Waals surface area contributed by atoms with Crippen LogP contribution in [0.25, 0.3) is 0 Å². The molecule has 132 valence electrons. The van der Waals surface area contributed by atoms with Crippen molar-refractivity contribution in [1.82, 2.24) is 20.6 Å². The van der Waals surface area contributed by atoms with Gasteiger partial charge in [-0.25, -0.2) is 0 Å². The second-order valence-electron chi connectivity index (χ2n) is 4.40. The normalized spacial score (nSPS) is 9.42. The highest BCUT2D eigenvalue weighted by Crippen LogP contribution is 2.02. The molecule has 2 aromatic rings. The van der Waals surface area contributed by atoms with Crippen molar-refractivity contribution in [3.05, 3.63) is 49.1 Å². The molecule has 0 radical (unpaired) electrons. The first kappa shape index (κ1) is 19.9. The Morgan fingerprint density at radius 2 is 1.62 bits per heavy atom. The van der Waals surface area contributed by atoms with Crippen molar-refractivity contribution < 1.29 is 0 Å². The van der Waals surface area contributed by atoms with E-state index < -0.39 is 0 Å². The van der Waals surface area contributed by atoms with Gasteiger partial charge in [-0.15, -0.1) is 0 Å². The van der Waals surface area contributed by atoms with E-state index in [-0.39, 0.29) is 5.96 Å². The summed E-state index contributed by atoms with van der Waals surface area (Å²) in [4.78, 5) is 11.8. The smallest absolute Gasteiger partial charge is 0.209 e. The average Bonchev–Trinajstić information content (AvgIpc) is 2.65. The molecule has 0 aromatic carbocycles. The number of pyridine rings is 2. The molecule has 0 bridgehead atoms. The largest absolute Gasteiger partial charge is 0.324 e. The minimum Gasteiger partial charge on any atom is -0.324 e. The third-order valence-electron chi connectivity index (χ3n) is 2.53. The monoisotopic (exact) mass is 350 g/mol. The number of nitrogens with one attached hydrogen (secondary N) is 5. The molecule has 10 heteroatoms. The SMILES string of the molecule is CCN=C(NC#N)Nc1cccnc1.N#CNC(=N)Nc1cccnc1. The van der Waals surface area contributed by atoms with Gasteiger partial charge < -0.3 is 10.6 Å². The molecule has 5 N–H and O–H groups in total. The summed E-state index contributed by atoms with van der Waals surface area (Å²) in [6.45, 7) is 2.50. The van der Waals surface area contributed by atoms with Crippen molar-refractivity contribution in [2.24, 2.45) is 4.99 Å². The third-order valence-corrected chi connectivity index (χ3v) is 2.53. The molecule has 0 atom stereocenters. The maximum absolute atomic E-state index is 8.44. The van der Waals surface area contributed by atoms with E-state index in [4.69, 9.17) is 15.9 Å². The summed E-state index contributed by atoms with van der Waals surface area (Å²) in [6.07, 6.45) is 9.97. The summed E-state index contributed by atoms with van der Waals surface area (Å²) in [5.74, 6) is 0.369. The quantitative estimate of drug-likeness (QED) is 0.241. The highest BCUT2D eigenvalue weighted by Gasteiger charge is 1.97. The second kappa shape index (κ2) is 12.3. The molecule has 0 unspecified atom stereocenters. The van der Waals surface area contributed by atoms with Gasteiger partial charge in [0.2, 0.25) is 11.9 Å². The first-order valence-electron chi connectivity index (χ1n) is 7.46. The van der Waals surface area contributed by atoms with Gasteiger partial charge in [-0.1, -0.05) is 0 Å². The van der Waals surface area contributed by atoms with Crippen molar-refractivity contribution in [3.8, 4) is 12.4 Å². The maximum atomic E-state index is 8.44. The summed E-state index contributed by atoms with van der Waals surface area (Å²) in [5.41, 5.74) is 1.47. The number of nitriles is 2. The van der Waals surface area contributed by atoms with Crippen molar-refractivity contribution in [3.63, 3.8) is 0 Å². The van der Waals surface area contributed by atoms with E-state index in [1.165, 1.54) is 0 Å². The van der Waals surface area contributed by atoms with Gasteiger partial charge in [0.1, 0.15) is 0 Å². The standard InChI is InChI=1S/C9H11N5.C7H7N5/c1-2-12-9(13-7-10)14-8-4-3-5-11-6-8;8-5-11-7(9)12-6-2-1-3-10-4-6/h3-6H,2H2,1H3,(H2,12,13,14);1-4H,(H3,9,11,12). The van der Waals surface area contributed by atoms with Gasteiger partial charge in [0.25, 0.3) is 0 Å². The maximum Gasteiger partial charge on any atom is 0.209 e. The van der Waals surface area contributed by atoms with E-state index in [1.807, 2.05) is 19.2 Å². The van der Waals surface area contributed by atoms with Gasteiger partial charge in [-0.05, 0) is 31.2 Å². The number of rotatable bonds is 3. The van der Waals surface area contributed by atoms with E-state index in [2.05, 4.69) is 36.2 Å². The first-order valence-corrected chi connectivity index (χ1v) is 7.46. The highest BCUT2D eigenvalue weighted by atomic mass is 15.2.